The first-order valence-electron chi connectivity index (χ1n) is 12.5. The zero-order chi connectivity index (χ0) is 23.8. The summed E-state index contributed by atoms with van der Waals surface area (Å²) in [6.07, 6.45) is 10.9. The number of hydrogen-bond donors (Lipinski definition) is 1. The second kappa shape index (κ2) is 9.41. The monoisotopic (exact) mass is 460 g/mol. The molecule has 2 aliphatic rings. The van der Waals surface area contributed by atoms with Gasteiger partial charge in [-0.05, 0) is 86.3 Å². The number of Topliss-reactive ketones (excluding diaryl/α,β-unsaturated/α-hetero) is 1. The maximum atomic E-state index is 14.8. The molecule has 1 aromatic carbocycles. The molecule has 0 amide bonds. The Hall–Kier alpha value is -2.86. The highest BCUT2D eigenvalue weighted by atomic mass is 19.1. The largest absolute Gasteiger partial charge is 0.368 e. The number of nitrogens with zero attached hydrogens (tertiary/aromatic N) is 3. The molecule has 5 nitrogen and oxygen atoms in total. The number of anilines is 1. The lowest BCUT2D eigenvalue weighted by molar-refractivity contribution is 0.0994. The first-order valence-corrected chi connectivity index (χ1v) is 12.5. The van der Waals surface area contributed by atoms with Gasteiger partial charge in [-0.1, -0.05) is 6.92 Å². The summed E-state index contributed by atoms with van der Waals surface area (Å²) in [4.78, 5) is 24.6. The second-order valence-electron chi connectivity index (χ2n) is 10.3. The lowest BCUT2D eigenvalue weighted by Gasteiger charge is -2.32. The molecular weight excluding hydrogens is 427 g/mol. The first kappa shape index (κ1) is 22.9. The average molecular weight is 461 g/mol. The molecule has 2 aromatic heterocycles. The molecule has 1 saturated carbocycles. The van der Waals surface area contributed by atoms with Gasteiger partial charge in [-0.3, -0.25) is 14.8 Å². The van der Waals surface area contributed by atoms with Crippen LogP contribution in [0.25, 0.3) is 10.9 Å². The third-order valence-electron chi connectivity index (χ3n) is 7.68. The van der Waals surface area contributed by atoms with Gasteiger partial charge in [0.2, 0.25) is 0 Å². The molecule has 1 aliphatic carbocycles. The molecular formula is C28H33FN4O. The standard InChI is InChI=1S/C28H33FN4O/c1-17-10-19(12-21(30)11-17)23-7-8-31-15-20(23)13-27(34)24-5-6-26(29)25-14-22(16-32-28(24)25)33-9-3-4-18(33)2/h5-8,14-19,21H,3-4,9-13,30H2,1-2H3/t17-,18-,19+,21-/m0/s1. The van der Waals surface area contributed by atoms with Crippen molar-refractivity contribution >= 4 is 22.4 Å². The second-order valence-corrected chi connectivity index (χ2v) is 10.3. The highest BCUT2D eigenvalue weighted by molar-refractivity contribution is 6.08. The van der Waals surface area contributed by atoms with E-state index in [-0.39, 0.29) is 24.1 Å². The van der Waals surface area contributed by atoms with E-state index >= 15 is 0 Å². The number of rotatable bonds is 5. The SMILES string of the molecule is C[C@@H]1C[C@H](N)C[C@H](c2ccncc2CC(=O)c2ccc(F)c3cc(N4CCC[C@@H]4C)cnc23)C1. The number of ketones is 1. The molecule has 2 N–H and O–H groups in total. The summed E-state index contributed by atoms with van der Waals surface area (Å²) < 4.78 is 14.8. The fourth-order valence-electron chi connectivity index (χ4n) is 6.04. The van der Waals surface area contributed by atoms with Gasteiger partial charge in [-0.15, -0.1) is 0 Å². The Balaban J connectivity index is 1.45. The van der Waals surface area contributed by atoms with Crippen LogP contribution in [0.1, 0.15) is 73.4 Å². The van der Waals surface area contributed by atoms with Crippen LogP contribution in [-0.2, 0) is 6.42 Å². The molecule has 0 bridgehead atoms. The minimum absolute atomic E-state index is 0.0674. The Bertz CT molecular complexity index is 1200. The Morgan fingerprint density at radius 2 is 2.03 bits per heavy atom. The van der Waals surface area contributed by atoms with Gasteiger partial charge in [0.25, 0.3) is 0 Å². The molecule has 0 spiro atoms. The first-order chi connectivity index (χ1) is 16.4. The quantitative estimate of drug-likeness (QED) is 0.515. The fourth-order valence-corrected chi connectivity index (χ4v) is 6.04. The number of benzene rings is 1. The molecule has 3 aromatic rings. The Labute approximate surface area is 200 Å². The van der Waals surface area contributed by atoms with E-state index in [4.69, 9.17) is 5.73 Å². The molecule has 5 rings (SSSR count). The third-order valence-corrected chi connectivity index (χ3v) is 7.68. The van der Waals surface area contributed by atoms with E-state index in [1.165, 1.54) is 6.07 Å². The summed E-state index contributed by atoms with van der Waals surface area (Å²) in [7, 11) is 0. The third kappa shape index (κ3) is 4.43. The van der Waals surface area contributed by atoms with E-state index in [9.17, 15) is 9.18 Å². The molecule has 4 atom stereocenters. The van der Waals surface area contributed by atoms with E-state index in [2.05, 4.69) is 28.7 Å². The van der Waals surface area contributed by atoms with Gasteiger partial charge >= 0.3 is 0 Å². The van der Waals surface area contributed by atoms with E-state index in [0.717, 1.165) is 55.5 Å². The van der Waals surface area contributed by atoms with Gasteiger partial charge in [-0.25, -0.2) is 4.39 Å². The summed E-state index contributed by atoms with van der Waals surface area (Å²) in [6.45, 7) is 5.37. The molecule has 1 saturated heterocycles. The van der Waals surface area contributed by atoms with E-state index in [1.54, 1.807) is 24.7 Å². The van der Waals surface area contributed by atoms with Gasteiger partial charge in [0.15, 0.2) is 5.78 Å². The molecule has 3 heterocycles. The van der Waals surface area contributed by atoms with Crippen LogP contribution in [-0.4, -0.2) is 34.4 Å². The number of hydrogen-bond acceptors (Lipinski definition) is 5. The summed E-state index contributed by atoms with van der Waals surface area (Å²) in [5, 5.41) is 0.404. The topological polar surface area (TPSA) is 72.1 Å². The summed E-state index contributed by atoms with van der Waals surface area (Å²) in [5.41, 5.74) is 10.2. The van der Waals surface area contributed by atoms with Gasteiger partial charge in [-0.2, -0.15) is 0 Å². The lowest BCUT2D eigenvalue weighted by Crippen LogP contribution is -2.31. The van der Waals surface area contributed by atoms with Crippen LogP contribution in [0.2, 0.25) is 0 Å². The predicted molar refractivity (Wildman–Crippen MR) is 134 cm³/mol. The van der Waals surface area contributed by atoms with Crippen molar-refractivity contribution in [1.29, 1.82) is 0 Å². The number of halogens is 1. The van der Waals surface area contributed by atoms with Crippen LogP contribution in [0.15, 0.2) is 42.9 Å². The molecule has 178 valence electrons. The molecule has 34 heavy (non-hydrogen) atoms. The van der Waals surface area contributed by atoms with Crippen LogP contribution in [0.3, 0.4) is 0 Å². The van der Waals surface area contributed by atoms with Crippen molar-refractivity contribution in [2.24, 2.45) is 11.7 Å². The van der Waals surface area contributed by atoms with Crippen LogP contribution in [0, 0.1) is 11.7 Å². The maximum absolute atomic E-state index is 14.8. The van der Waals surface area contributed by atoms with E-state index < -0.39 is 0 Å². The molecule has 0 radical (unpaired) electrons. The Morgan fingerprint density at radius 3 is 2.79 bits per heavy atom. The summed E-state index contributed by atoms with van der Waals surface area (Å²) in [6, 6.07) is 7.43. The minimum Gasteiger partial charge on any atom is -0.368 e. The van der Waals surface area contributed by atoms with Gasteiger partial charge in [0, 0.05) is 48.4 Å². The summed E-state index contributed by atoms with van der Waals surface area (Å²) in [5.74, 6) is 0.475. The predicted octanol–water partition coefficient (Wildman–Crippen LogP) is 5.41. The molecule has 2 fully saturated rings. The number of nitrogens with two attached hydrogens (primary N) is 1. The number of carbonyl (C=O) groups excluding carboxylic acids is 1. The highest BCUT2D eigenvalue weighted by Gasteiger charge is 2.28. The van der Waals surface area contributed by atoms with E-state index in [1.807, 2.05) is 12.1 Å². The molecule has 1 aliphatic heterocycles. The van der Waals surface area contributed by atoms with Gasteiger partial charge in [0.1, 0.15) is 5.82 Å². The van der Waals surface area contributed by atoms with Crippen molar-refractivity contribution < 1.29 is 9.18 Å². The van der Waals surface area contributed by atoms with E-state index in [0.29, 0.717) is 34.3 Å². The average Bonchev–Trinajstić information content (AvgIpc) is 3.24. The minimum atomic E-state index is -0.347. The van der Waals surface area contributed by atoms with Gasteiger partial charge in [0.05, 0.1) is 17.4 Å². The van der Waals surface area contributed by atoms with Crippen molar-refractivity contribution in [2.75, 3.05) is 11.4 Å². The van der Waals surface area contributed by atoms with Crippen LogP contribution >= 0.6 is 0 Å². The zero-order valence-electron chi connectivity index (χ0n) is 20.0. The highest BCUT2D eigenvalue weighted by Crippen LogP contribution is 2.37. The van der Waals surface area contributed by atoms with Crippen molar-refractivity contribution in [1.82, 2.24) is 9.97 Å². The Morgan fingerprint density at radius 1 is 1.18 bits per heavy atom. The smallest absolute Gasteiger partial charge is 0.169 e. The number of carbonyl (C=O) groups is 1. The number of aromatic nitrogens is 2. The zero-order valence-corrected chi connectivity index (χ0v) is 20.0. The van der Waals surface area contributed by atoms with Crippen LogP contribution in [0.5, 0.6) is 0 Å². The van der Waals surface area contributed by atoms with Crippen molar-refractivity contribution in [3.8, 4) is 0 Å². The number of fused-ring (bicyclic) bond motifs is 1. The Kier molecular flexibility index (Phi) is 6.34. The van der Waals surface area contributed by atoms with Gasteiger partial charge < -0.3 is 10.6 Å². The van der Waals surface area contributed by atoms with Crippen LogP contribution < -0.4 is 10.6 Å². The molecule has 0 unspecified atom stereocenters. The number of pyridine rings is 2. The van der Waals surface area contributed by atoms with Crippen molar-refractivity contribution in [3.05, 3.63) is 65.4 Å². The van der Waals surface area contributed by atoms with Crippen LogP contribution in [0.4, 0.5) is 10.1 Å². The molecule has 6 heteroatoms. The summed E-state index contributed by atoms with van der Waals surface area (Å²) >= 11 is 0. The maximum Gasteiger partial charge on any atom is 0.169 e. The van der Waals surface area contributed by atoms with Crippen molar-refractivity contribution in [2.45, 2.75) is 70.4 Å². The lowest BCUT2D eigenvalue weighted by atomic mass is 9.75. The normalized spacial score (nSPS) is 25.1. The van der Waals surface area contributed by atoms with Crippen molar-refractivity contribution in [3.63, 3.8) is 0 Å². The fraction of sp³-hybridized carbons (Fsp3) is 0.464.